The topological polar surface area (TPSA) is 91.3 Å². The first-order valence-electron chi connectivity index (χ1n) is 6.39. The van der Waals surface area contributed by atoms with E-state index >= 15 is 0 Å². The van der Waals surface area contributed by atoms with Gasteiger partial charge in [-0.25, -0.2) is 4.98 Å². The molecule has 0 aromatic carbocycles. The molecule has 19 heavy (non-hydrogen) atoms. The Morgan fingerprint density at radius 3 is 2.74 bits per heavy atom. The first-order valence-corrected chi connectivity index (χ1v) is 6.39. The van der Waals surface area contributed by atoms with Crippen molar-refractivity contribution in [1.29, 1.82) is 0 Å². The minimum Gasteiger partial charge on any atom is -0.358 e. The van der Waals surface area contributed by atoms with E-state index in [4.69, 9.17) is 0 Å². The molecule has 2 rings (SSSR count). The Bertz CT molecular complexity index is 463. The number of H-pyrrole nitrogens is 1. The SMILES string of the molecule is CNCC1CCN(C(=O)c2ccc([N+](=O)[O-])[nH]2)CC1. The van der Waals surface area contributed by atoms with Crippen LogP contribution in [0.5, 0.6) is 0 Å². The quantitative estimate of drug-likeness (QED) is 0.628. The maximum absolute atomic E-state index is 12.2. The molecule has 1 aliphatic heterocycles. The molecule has 0 radical (unpaired) electrons. The van der Waals surface area contributed by atoms with Crippen LogP contribution in [0.15, 0.2) is 12.1 Å². The Balaban J connectivity index is 1.95. The van der Waals surface area contributed by atoms with E-state index in [1.54, 1.807) is 4.90 Å². The van der Waals surface area contributed by atoms with Crippen LogP contribution in [-0.4, -0.2) is 47.4 Å². The van der Waals surface area contributed by atoms with Gasteiger partial charge in [-0.2, -0.15) is 0 Å². The third kappa shape index (κ3) is 3.11. The smallest absolute Gasteiger partial charge is 0.321 e. The molecule has 0 bridgehead atoms. The number of carbonyl (C=O) groups is 1. The van der Waals surface area contributed by atoms with E-state index in [1.165, 1.54) is 12.1 Å². The molecule has 0 atom stereocenters. The molecule has 1 aromatic rings. The highest BCUT2D eigenvalue weighted by atomic mass is 16.6. The van der Waals surface area contributed by atoms with Crippen molar-refractivity contribution in [2.75, 3.05) is 26.7 Å². The summed E-state index contributed by atoms with van der Waals surface area (Å²) in [7, 11) is 1.93. The lowest BCUT2D eigenvalue weighted by Crippen LogP contribution is -2.40. The fourth-order valence-corrected chi connectivity index (χ4v) is 2.41. The van der Waals surface area contributed by atoms with E-state index in [-0.39, 0.29) is 11.7 Å². The third-order valence-corrected chi connectivity index (χ3v) is 3.49. The fraction of sp³-hybridized carbons (Fsp3) is 0.583. The molecule has 1 aliphatic rings. The molecule has 0 unspecified atom stereocenters. The number of aromatic nitrogens is 1. The van der Waals surface area contributed by atoms with Crippen molar-refractivity contribution >= 4 is 11.7 Å². The molecule has 2 N–H and O–H groups in total. The number of piperidine rings is 1. The number of nitrogens with one attached hydrogen (secondary N) is 2. The minimum atomic E-state index is -0.532. The van der Waals surface area contributed by atoms with Gasteiger partial charge >= 0.3 is 5.82 Å². The number of amides is 1. The molecule has 7 heteroatoms. The third-order valence-electron chi connectivity index (χ3n) is 3.49. The summed E-state index contributed by atoms with van der Waals surface area (Å²) in [6, 6.07) is 2.79. The van der Waals surface area contributed by atoms with Gasteiger partial charge in [0.25, 0.3) is 5.91 Å². The second-order valence-corrected chi connectivity index (χ2v) is 4.81. The number of nitrogens with zero attached hydrogens (tertiary/aromatic N) is 2. The molecular weight excluding hydrogens is 248 g/mol. The van der Waals surface area contributed by atoms with Crippen LogP contribution in [-0.2, 0) is 0 Å². The molecule has 1 aromatic heterocycles. The summed E-state index contributed by atoms with van der Waals surface area (Å²) in [5.41, 5.74) is 0.291. The van der Waals surface area contributed by atoms with Crippen LogP contribution in [0.25, 0.3) is 0 Å². The lowest BCUT2D eigenvalue weighted by atomic mass is 9.97. The molecule has 104 valence electrons. The molecule has 0 spiro atoms. The highest BCUT2D eigenvalue weighted by Gasteiger charge is 2.26. The van der Waals surface area contributed by atoms with Gasteiger partial charge in [-0.1, -0.05) is 0 Å². The molecular formula is C12H18N4O3. The van der Waals surface area contributed by atoms with Crippen LogP contribution in [0, 0.1) is 16.0 Å². The van der Waals surface area contributed by atoms with E-state index in [0.29, 0.717) is 24.7 Å². The number of carbonyl (C=O) groups excluding carboxylic acids is 1. The van der Waals surface area contributed by atoms with Gasteiger partial charge in [-0.15, -0.1) is 0 Å². The summed E-state index contributed by atoms with van der Waals surface area (Å²) in [5, 5.41) is 13.7. The Morgan fingerprint density at radius 1 is 1.53 bits per heavy atom. The van der Waals surface area contributed by atoms with E-state index in [0.717, 1.165) is 19.4 Å². The molecule has 1 fully saturated rings. The lowest BCUT2D eigenvalue weighted by Gasteiger charge is -2.31. The first kappa shape index (κ1) is 13.5. The van der Waals surface area contributed by atoms with Gasteiger partial charge in [0.05, 0.1) is 0 Å². The number of aromatic amines is 1. The summed E-state index contributed by atoms with van der Waals surface area (Å²) in [6.45, 7) is 2.38. The van der Waals surface area contributed by atoms with E-state index < -0.39 is 4.92 Å². The summed E-state index contributed by atoms with van der Waals surface area (Å²) in [4.78, 5) is 26.5. The molecule has 2 heterocycles. The van der Waals surface area contributed by atoms with Gasteiger partial charge in [-0.05, 0) is 43.3 Å². The van der Waals surface area contributed by atoms with Crippen LogP contribution in [0.4, 0.5) is 5.82 Å². The zero-order valence-electron chi connectivity index (χ0n) is 10.9. The van der Waals surface area contributed by atoms with Gasteiger partial charge < -0.3 is 20.3 Å². The van der Waals surface area contributed by atoms with E-state index in [2.05, 4.69) is 10.3 Å². The molecule has 0 aliphatic carbocycles. The Labute approximate surface area is 111 Å². The number of nitro groups is 1. The Morgan fingerprint density at radius 2 is 2.21 bits per heavy atom. The van der Waals surface area contributed by atoms with Gasteiger partial charge in [-0.3, -0.25) is 4.79 Å². The molecule has 1 saturated heterocycles. The fourth-order valence-electron chi connectivity index (χ4n) is 2.41. The zero-order valence-corrected chi connectivity index (χ0v) is 10.9. The van der Waals surface area contributed by atoms with Crippen molar-refractivity contribution in [1.82, 2.24) is 15.2 Å². The number of hydrogen-bond acceptors (Lipinski definition) is 4. The van der Waals surface area contributed by atoms with Crippen molar-refractivity contribution < 1.29 is 9.72 Å². The van der Waals surface area contributed by atoms with E-state index in [9.17, 15) is 14.9 Å². The van der Waals surface area contributed by atoms with Crippen molar-refractivity contribution in [2.24, 2.45) is 5.92 Å². The summed E-state index contributed by atoms with van der Waals surface area (Å²) in [5.74, 6) is 0.302. The van der Waals surface area contributed by atoms with Crippen LogP contribution < -0.4 is 5.32 Å². The van der Waals surface area contributed by atoms with Crippen molar-refractivity contribution in [3.63, 3.8) is 0 Å². The molecule has 0 saturated carbocycles. The highest BCUT2D eigenvalue weighted by molar-refractivity contribution is 5.92. The van der Waals surface area contributed by atoms with Crippen LogP contribution >= 0.6 is 0 Å². The number of hydrogen-bond donors (Lipinski definition) is 2. The van der Waals surface area contributed by atoms with E-state index in [1.807, 2.05) is 7.05 Å². The van der Waals surface area contributed by atoms with Gasteiger partial charge in [0, 0.05) is 19.2 Å². The Hall–Kier alpha value is -1.89. The van der Waals surface area contributed by atoms with Crippen LogP contribution in [0.2, 0.25) is 0 Å². The maximum Gasteiger partial charge on any atom is 0.321 e. The lowest BCUT2D eigenvalue weighted by molar-refractivity contribution is -0.389. The summed E-state index contributed by atoms with van der Waals surface area (Å²) in [6.07, 6.45) is 1.94. The summed E-state index contributed by atoms with van der Waals surface area (Å²) < 4.78 is 0. The van der Waals surface area contributed by atoms with Gasteiger partial charge in [0.1, 0.15) is 0 Å². The van der Waals surface area contributed by atoms with Crippen molar-refractivity contribution in [2.45, 2.75) is 12.8 Å². The molecule has 7 nitrogen and oxygen atoms in total. The predicted molar refractivity (Wildman–Crippen MR) is 70.0 cm³/mol. The highest BCUT2D eigenvalue weighted by Crippen LogP contribution is 2.19. The standard InChI is InChI=1S/C12H18N4O3/c1-13-8-9-4-6-15(7-5-9)12(17)10-2-3-11(14-10)16(18)19/h2-3,9,13-14H,4-8H2,1H3. The maximum atomic E-state index is 12.2. The second kappa shape index (κ2) is 5.83. The van der Waals surface area contributed by atoms with Crippen molar-refractivity contribution in [3.05, 3.63) is 27.9 Å². The normalized spacial score (nSPS) is 16.6. The minimum absolute atomic E-state index is 0.145. The van der Waals surface area contributed by atoms with Crippen LogP contribution in [0.1, 0.15) is 23.3 Å². The Kier molecular flexibility index (Phi) is 4.16. The van der Waals surface area contributed by atoms with Gasteiger partial charge in [0.2, 0.25) is 0 Å². The monoisotopic (exact) mass is 266 g/mol. The first-order chi connectivity index (χ1) is 9.11. The second-order valence-electron chi connectivity index (χ2n) is 4.81. The number of rotatable bonds is 4. The van der Waals surface area contributed by atoms with Crippen LogP contribution in [0.3, 0.4) is 0 Å². The van der Waals surface area contributed by atoms with Crippen molar-refractivity contribution in [3.8, 4) is 0 Å². The zero-order chi connectivity index (χ0) is 13.8. The molecule has 1 amide bonds. The average molecular weight is 266 g/mol. The summed E-state index contributed by atoms with van der Waals surface area (Å²) >= 11 is 0. The van der Waals surface area contributed by atoms with Gasteiger partial charge in [0.15, 0.2) is 5.69 Å². The largest absolute Gasteiger partial charge is 0.358 e. The predicted octanol–water partition coefficient (Wildman–Crippen LogP) is 0.994. The average Bonchev–Trinajstić information content (AvgIpc) is 2.89. The number of likely N-dealkylation sites (tertiary alicyclic amines) is 1.